The van der Waals surface area contributed by atoms with E-state index in [0.29, 0.717) is 26.6 Å². The number of carbonyl (C=O) groups is 2. The molecule has 1 saturated carbocycles. The Balaban J connectivity index is 1.56. The van der Waals surface area contributed by atoms with Gasteiger partial charge in [-0.1, -0.05) is 78.0 Å². The molecule has 0 aliphatic heterocycles. The minimum atomic E-state index is -0.534. The van der Waals surface area contributed by atoms with Crippen LogP contribution in [-0.4, -0.2) is 28.1 Å². The molecule has 1 atom stereocenters. The van der Waals surface area contributed by atoms with E-state index in [0.717, 1.165) is 24.0 Å². The highest BCUT2D eigenvalue weighted by atomic mass is 35.5. The Hall–Kier alpha value is -2.42. The molecule has 4 rings (SSSR count). The molecule has 3 aromatic rings. The van der Waals surface area contributed by atoms with E-state index in [1.807, 2.05) is 56.3 Å². The minimum absolute atomic E-state index is 0.0498. The molecule has 1 aliphatic carbocycles. The second kappa shape index (κ2) is 10.0. The van der Waals surface area contributed by atoms with Crippen molar-refractivity contribution in [2.75, 3.05) is 10.2 Å². The van der Waals surface area contributed by atoms with Crippen molar-refractivity contribution in [2.24, 2.45) is 0 Å². The minimum Gasteiger partial charge on any atom is -0.325 e. The number of nitrogens with one attached hydrogen (secondary N) is 1. The van der Waals surface area contributed by atoms with Crippen LogP contribution in [0.1, 0.15) is 42.6 Å². The Morgan fingerprint density at radius 3 is 2.62 bits per heavy atom. The van der Waals surface area contributed by atoms with Gasteiger partial charge in [0, 0.05) is 23.2 Å². The second-order valence-corrected chi connectivity index (χ2v) is 10.3. The highest BCUT2D eigenvalue weighted by molar-refractivity contribution is 8.02. The van der Waals surface area contributed by atoms with E-state index in [1.165, 1.54) is 23.1 Å². The van der Waals surface area contributed by atoms with E-state index in [4.69, 9.17) is 11.6 Å². The lowest BCUT2D eigenvalue weighted by Crippen LogP contribution is -2.32. The van der Waals surface area contributed by atoms with Gasteiger partial charge in [-0.05, 0) is 43.0 Å². The first-order valence-electron chi connectivity index (χ1n) is 10.4. The number of aromatic nitrogens is 2. The molecule has 0 unspecified atom stereocenters. The molecule has 1 heterocycles. The van der Waals surface area contributed by atoms with Gasteiger partial charge in [-0.15, -0.1) is 10.2 Å². The first-order chi connectivity index (χ1) is 15.5. The number of benzene rings is 2. The van der Waals surface area contributed by atoms with E-state index in [9.17, 15) is 9.59 Å². The summed E-state index contributed by atoms with van der Waals surface area (Å²) in [6.45, 7) is 3.76. The topological polar surface area (TPSA) is 75.2 Å². The van der Waals surface area contributed by atoms with Crippen molar-refractivity contribution in [2.45, 2.75) is 48.7 Å². The molecule has 32 heavy (non-hydrogen) atoms. The number of hydrogen-bond acceptors (Lipinski definition) is 6. The summed E-state index contributed by atoms with van der Waals surface area (Å²) in [6.07, 6.45) is 2.40. The number of anilines is 2. The number of carbonyl (C=O) groups excluding carboxylic acids is 2. The van der Waals surface area contributed by atoms with Gasteiger partial charge in [0.15, 0.2) is 4.34 Å². The quantitative estimate of drug-likeness (QED) is 0.318. The molecular formula is C23H23ClN4O2S2. The summed E-state index contributed by atoms with van der Waals surface area (Å²) in [4.78, 5) is 27.4. The maximum atomic E-state index is 13.2. The molecule has 1 fully saturated rings. The number of rotatable bonds is 8. The SMILES string of the molecule is CCC(=O)N(c1nnc(S[C@@H](C(=O)Nc2ccc(C)c(Cl)c2)c2ccccc2)s1)C1CC1. The number of amides is 2. The van der Waals surface area contributed by atoms with Gasteiger partial charge in [0.1, 0.15) is 5.25 Å². The summed E-state index contributed by atoms with van der Waals surface area (Å²) >= 11 is 8.90. The molecule has 0 bridgehead atoms. The Morgan fingerprint density at radius 1 is 1.22 bits per heavy atom. The lowest BCUT2D eigenvalue weighted by atomic mass is 10.1. The second-order valence-electron chi connectivity index (χ2n) is 7.56. The highest BCUT2D eigenvalue weighted by Crippen LogP contribution is 2.41. The lowest BCUT2D eigenvalue weighted by Gasteiger charge is -2.17. The molecule has 1 aromatic heterocycles. The van der Waals surface area contributed by atoms with Gasteiger partial charge in [0.25, 0.3) is 0 Å². The summed E-state index contributed by atoms with van der Waals surface area (Å²) in [5.74, 6) is -0.129. The monoisotopic (exact) mass is 486 g/mol. The van der Waals surface area contributed by atoms with Crippen LogP contribution in [0.2, 0.25) is 5.02 Å². The van der Waals surface area contributed by atoms with Crippen LogP contribution in [0.5, 0.6) is 0 Å². The maximum absolute atomic E-state index is 13.2. The Bertz CT molecular complexity index is 1120. The Labute approximate surface area is 200 Å². The standard InChI is InChI=1S/C23H23ClN4O2S2/c1-3-19(29)28(17-11-12-17)22-26-27-23(32-22)31-20(15-7-5-4-6-8-15)21(30)25-16-10-9-14(2)18(24)13-16/h4-10,13,17,20H,3,11-12H2,1-2H3,(H,25,30)/t20-/m1/s1. The van der Waals surface area contributed by atoms with Crippen LogP contribution in [0.4, 0.5) is 10.8 Å². The molecule has 6 nitrogen and oxygen atoms in total. The van der Waals surface area contributed by atoms with Crippen molar-refractivity contribution < 1.29 is 9.59 Å². The van der Waals surface area contributed by atoms with Crippen molar-refractivity contribution in [1.82, 2.24) is 10.2 Å². The smallest absolute Gasteiger partial charge is 0.242 e. The predicted molar refractivity (Wildman–Crippen MR) is 131 cm³/mol. The van der Waals surface area contributed by atoms with E-state index >= 15 is 0 Å². The molecule has 2 amide bonds. The summed E-state index contributed by atoms with van der Waals surface area (Å²) in [5, 5.41) is 12.2. The van der Waals surface area contributed by atoms with Gasteiger partial charge in [0.2, 0.25) is 16.9 Å². The average Bonchev–Trinajstić information content (AvgIpc) is 3.52. The van der Waals surface area contributed by atoms with Crippen LogP contribution in [0.3, 0.4) is 0 Å². The maximum Gasteiger partial charge on any atom is 0.242 e. The molecule has 0 saturated heterocycles. The molecule has 166 valence electrons. The van der Waals surface area contributed by atoms with Crippen LogP contribution >= 0.6 is 34.7 Å². The normalized spacial score (nSPS) is 14.1. The number of thioether (sulfide) groups is 1. The van der Waals surface area contributed by atoms with Crippen LogP contribution in [0, 0.1) is 6.92 Å². The fourth-order valence-electron chi connectivity index (χ4n) is 3.20. The molecule has 1 aliphatic rings. The molecule has 9 heteroatoms. The van der Waals surface area contributed by atoms with Crippen molar-refractivity contribution in [1.29, 1.82) is 0 Å². The lowest BCUT2D eigenvalue weighted by molar-refractivity contribution is -0.118. The first kappa shape index (κ1) is 22.8. The van der Waals surface area contributed by atoms with Crippen LogP contribution < -0.4 is 10.2 Å². The molecule has 0 spiro atoms. The number of nitrogens with zero attached hydrogens (tertiary/aromatic N) is 3. The number of hydrogen-bond donors (Lipinski definition) is 1. The third-order valence-electron chi connectivity index (χ3n) is 5.08. The molecule has 2 aromatic carbocycles. The zero-order valence-corrected chi connectivity index (χ0v) is 20.1. The van der Waals surface area contributed by atoms with E-state index in [-0.39, 0.29) is 17.9 Å². The van der Waals surface area contributed by atoms with E-state index < -0.39 is 5.25 Å². The summed E-state index contributed by atoms with van der Waals surface area (Å²) < 4.78 is 0.639. The Morgan fingerprint density at radius 2 is 1.97 bits per heavy atom. The van der Waals surface area contributed by atoms with Crippen molar-refractivity contribution >= 4 is 57.3 Å². The Kier molecular flexibility index (Phi) is 7.13. The zero-order valence-electron chi connectivity index (χ0n) is 17.7. The fraction of sp³-hybridized carbons (Fsp3) is 0.304. The summed E-state index contributed by atoms with van der Waals surface area (Å²) in [5.41, 5.74) is 2.44. The van der Waals surface area contributed by atoms with Crippen LogP contribution in [-0.2, 0) is 9.59 Å². The third kappa shape index (κ3) is 5.31. The van der Waals surface area contributed by atoms with Crippen LogP contribution in [0.25, 0.3) is 0 Å². The van der Waals surface area contributed by atoms with Gasteiger partial charge < -0.3 is 5.32 Å². The van der Waals surface area contributed by atoms with Gasteiger partial charge in [-0.2, -0.15) is 0 Å². The largest absolute Gasteiger partial charge is 0.325 e. The first-order valence-corrected chi connectivity index (χ1v) is 12.5. The third-order valence-corrected chi connectivity index (χ3v) is 7.75. The van der Waals surface area contributed by atoms with Crippen molar-refractivity contribution in [3.05, 3.63) is 64.7 Å². The van der Waals surface area contributed by atoms with Gasteiger partial charge >= 0.3 is 0 Å². The predicted octanol–water partition coefficient (Wildman–Crippen LogP) is 5.88. The summed E-state index contributed by atoms with van der Waals surface area (Å²) in [6, 6.07) is 15.2. The highest BCUT2D eigenvalue weighted by Gasteiger charge is 2.35. The van der Waals surface area contributed by atoms with Crippen molar-refractivity contribution in [3.8, 4) is 0 Å². The summed E-state index contributed by atoms with van der Waals surface area (Å²) in [7, 11) is 0. The van der Waals surface area contributed by atoms with Gasteiger partial charge in [-0.3, -0.25) is 14.5 Å². The van der Waals surface area contributed by atoms with Crippen LogP contribution in [0.15, 0.2) is 52.9 Å². The van der Waals surface area contributed by atoms with Gasteiger partial charge in [0.05, 0.1) is 0 Å². The van der Waals surface area contributed by atoms with Gasteiger partial charge in [-0.25, -0.2) is 0 Å². The molecule has 0 radical (unpaired) electrons. The number of aryl methyl sites for hydroxylation is 1. The zero-order chi connectivity index (χ0) is 22.7. The molecule has 1 N–H and O–H groups in total. The van der Waals surface area contributed by atoms with E-state index in [2.05, 4.69) is 15.5 Å². The van der Waals surface area contributed by atoms with Crippen molar-refractivity contribution in [3.63, 3.8) is 0 Å². The average molecular weight is 487 g/mol. The molecular weight excluding hydrogens is 464 g/mol. The van der Waals surface area contributed by atoms with E-state index in [1.54, 1.807) is 11.0 Å². The fourth-order valence-corrected chi connectivity index (χ4v) is 5.50. The number of halogens is 1.